The van der Waals surface area contributed by atoms with Gasteiger partial charge in [0.1, 0.15) is 0 Å². The number of hydrogen-bond acceptors (Lipinski definition) is 3. The molecule has 1 aliphatic heterocycles. The first-order valence-corrected chi connectivity index (χ1v) is 6.49. The molecule has 0 radical (unpaired) electrons. The van der Waals surface area contributed by atoms with Crippen molar-refractivity contribution < 1.29 is 0 Å². The van der Waals surface area contributed by atoms with Crippen molar-refractivity contribution in [2.24, 2.45) is 22.1 Å². The second-order valence-electron chi connectivity index (χ2n) is 6.38. The summed E-state index contributed by atoms with van der Waals surface area (Å²) >= 11 is 0. The zero-order valence-electron chi connectivity index (χ0n) is 11.1. The van der Waals surface area contributed by atoms with E-state index in [-0.39, 0.29) is 5.54 Å². The molecule has 1 aliphatic carbocycles. The average Bonchev–Trinajstić information content (AvgIpc) is 2.58. The molecule has 1 spiro atoms. The Morgan fingerprint density at radius 1 is 1.50 bits per heavy atom. The van der Waals surface area contributed by atoms with E-state index < -0.39 is 0 Å². The van der Waals surface area contributed by atoms with Crippen molar-refractivity contribution in [1.29, 1.82) is 0 Å². The van der Waals surface area contributed by atoms with Gasteiger partial charge in [0.05, 0.1) is 12.1 Å². The summed E-state index contributed by atoms with van der Waals surface area (Å²) in [4.78, 5) is 6.89. The van der Waals surface area contributed by atoms with Gasteiger partial charge in [0, 0.05) is 6.54 Å². The van der Waals surface area contributed by atoms with Crippen LogP contribution in [-0.2, 0) is 0 Å². The van der Waals surface area contributed by atoms with E-state index in [1.165, 1.54) is 12.8 Å². The van der Waals surface area contributed by atoms with E-state index in [1.807, 2.05) is 0 Å². The van der Waals surface area contributed by atoms with Crippen molar-refractivity contribution in [2.45, 2.75) is 52.5 Å². The number of nitrogens with two attached hydrogens (primary N) is 1. The van der Waals surface area contributed by atoms with E-state index in [2.05, 4.69) is 37.6 Å². The van der Waals surface area contributed by atoms with Gasteiger partial charge in [0.25, 0.3) is 0 Å². The van der Waals surface area contributed by atoms with Crippen LogP contribution in [0.5, 0.6) is 0 Å². The molecule has 0 amide bonds. The minimum absolute atomic E-state index is 0.226. The lowest BCUT2D eigenvalue weighted by Gasteiger charge is -2.40. The molecule has 1 heterocycles. The third-order valence-corrected chi connectivity index (χ3v) is 4.34. The van der Waals surface area contributed by atoms with Crippen LogP contribution < -0.4 is 5.73 Å². The van der Waals surface area contributed by atoms with Gasteiger partial charge in [0.15, 0.2) is 5.96 Å². The SMILES string of the molecule is CCCN1C(N)=NCC12CC(C)(C)CC2C. The molecule has 92 valence electrons. The minimum Gasteiger partial charge on any atom is -0.370 e. The molecule has 2 unspecified atom stereocenters. The topological polar surface area (TPSA) is 41.6 Å². The summed E-state index contributed by atoms with van der Waals surface area (Å²) < 4.78 is 0. The first-order valence-electron chi connectivity index (χ1n) is 6.49. The van der Waals surface area contributed by atoms with Crippen molar-refractivity contribution in [3.8, 4) is 0 Å². The fraction of sp³-hybridized carbons (Fsp3) is 0.923. The third-order valence-electron chi connectivity index (χ3n) is 4.34. The molecule has 0 bridgehead atoms. The Kier molecular flexibility index (Phi) is 2.67. The maximum absolute atomic E-state index is 6.05. The van der Waals surface area contributed by atoms with E-state index in [0.29, 0.717) is 11.3 Å². The first kappa shape index (κ1) is 11.7. The maximum Gasteiger partial charge on any atom is 0.191 e. The molecule has 0 aromatic rings. The van der Waals surface area contributed by atoms with Gasteiger partial charge in [-0.1, -0.05) is 27.7 Å². The molecule has 2 aliphatic rings. The summed E-state index contributed by atoms with van der Waals surface area (Å²) in [6.07, 6.45) is 3.66. The fourth-order valence-electron chi connectivity index (χ4n) is 3.84. The van der Waals surface area contributed by atoms with Crippen molar-refractivity contribution >= 4 is 5.96 Å². The number of guanidine groups is 1. The lowest BCUT2D eigenvalue weighted by atomic mass is 9.85. The number of nitrogens with zero attached hydrogens (tertiary/aromatic N) is 2. The predicted octanol–water partition coefficient (Wildman–Crippen LogP) is 2.22. The summed E-state index contributed by atoms with van der Waals surface area (Å²) in [6.45, 7) is 11.3. The number of aliphatic imine (C=N–C) groups is 1. The summed E-state index contributed by atoms with van der Waals surface area (Å²) in [6, 6.07) is 0. The van der Waals surface area contributed by atoms with Crippen LogP contribution in [0.4, 0.5) is 0 Å². The molecule has 0 aromatic heterocycles. The molecule has 16 heavy (non-hydrogen) atoms. The Morgan fingerprint density at radius 3 is 2.69 bits per heavy atom. The zero-order valence-corrected chi connectivity index (χ0v) is 11.1. The Morgan fingerprint density at radius 2 is 2.19 bits per heavy atom. The normalized spacial score (nSPS) is 37.1. The lowest BCUT2D eigenvalue weighted by molar-refractivity contribution is 0.149. The van der Waals surface area contributed by atoms with Crippen LogP contribution in [0.1, 0.15) is 47.0 Å². The van der Waals surface area contributed by atoms with Gasteiger partial charge in [-0.2, -0.15) is 0 Å². The Bertz CT molecular complexity index is 308. The van der Waals surface area contributed by atoms with Crippen LogP contribution in [0.15, 0.2) is 4.99 Å². The van der Waals surface area contributed by atoms with Crippen LogP contribution in [0.2, 0.25) is 0 Å². The molecule has 2 N–H and O–H groups in total. The lowest BCUT2D eigenvalue weighted by Crippen LogP contribution is -2.53. The molecule has 2 rings (SSSR count). The summed E-state index contributed by atoms with van der Waals surface area (Å²) in [5.41, 5.74) is 6.71. The molecule has 0 saturated heterocycles. The quantitative estimate of drug-likeness (QED) is 0.780. The van der Waals surface area contributed by atoms with Crippen molar-refractivity contribution in [3.05, 3.63) is 0 Å². The Labute approximate surface area is 99.1 Å². The highest BCUT2D eigenvalue weighted by atomic mass is 15.4. The van der Waals surface area contributed by atoms with Crippen LogP contribution >= 0.6 is 0 Å². The van der Waals surface area contributed by atoms with Gasteiger partial charge < -0.3 is 10.6 Å². The van der Waals surface area contributed by atoms with Crippen LogP contribution in [0.25, 0.3) is 0 Å². The Hall–Kier alpha value is -0.730. The predicted molar refractivity (Wildman–Crippen MR) is 68.4 cm³/mol. The number of hydrogen-bond donors (Lipinski definition) is 1. The Balaban J connectivity index is 2.26. The van der Waals surface area contributed by atoms with Crippen molar-refractivity contribution in [3.63, 3.8) is 0 Å². The minimum atomic E-state index is 0.226. The molecule has 3 nitrogen and oxygen atoms in total. The van der Waals surface area contributed by atoms with Gasteiger partial charge in [-0.3, -0.25) is 4.99 Å². The highest BCUT2D eigenvalue weighted by molar-refractivity contribution is 5.81. The van der Waals surface area contributed by atoms with Gasteiger partial charge in [-0.25, -0.2) is 0 Å². The van der Waals surface area contributed by atoms with Gasteiger partial charge in [-0.05, 0) is 30.6 Å². The van der Waals surface area contributed by atoms with Gasteiger partial charge in [-0.15, -0.1) is 0 Å². The number of rotatable bonds is 2. The second kappa shape index (κ2) is 3.64. The van der Waals surface area contributed by atoms with Crippen LogP contribution in [0, 0.1) is 11.3 Å². The third kappa shape index (κ3) is 1.61. The zero-order chi connectivity index (χ0) is 12.0. The smallest absolute Gasteiger partial charge is 0.191 e. The van der Waals surface area contributed by atoms with E-state index in [0.717, 1.165) is 25.5 Å². The molecular weight excluding hydrogens is 198 g/mol. The summed E-state index contributed by atoms with van der Waals surface area (Å²) in [7, 11) is 0. The van der Waals surface area contributed by atoms with Gasteiger partial charge in [0.2, 0.25) is 0 Å². The van der Waals surface area contributed by atoms with Crippen LogP contribution in [0.3, 0.4) is 0 Å². The van der Waals surface area contributed by atoms with Crippen molar-refractivity contribution in [1.82, 2.24) is 4.90 Å². The van der Waals surface area contributed by atoms with Crippen molar-refractivity contribution in [2.75, 3.05) is 13.1 Å². The largest absolute Gasteiger partial charge is 0.370 e. The highest BCUT2D eigenvalue weighted by Gasteiger charge is 2.54. The monoisotopic (exact) mass is 223 g/mol. The van der Waals surface area contributed by atoms with E-state index in [9.17, 15) is 0 Å². The summed E-state index contributed by atoms with van der Waals surface area (Å²) in [5, 5.41) is 0. The fourth-order valence-corrected chi connectivity index (χ4v) is 3.84. The highest BCUT2D eigenvalue weighted by Crippen LogP contribution is 2.51. The van der Waals surface area contributed by atoms with Gasteiger partial charge >= 0.3 is 0 Å². The van der Waals surface area contributed by atoms with E-state index >= 15 is 0 Å². The van der Waals surface area contributed by atoms with E-state index in [4.69, 9.17) is 5.73 Å². The molecule has 1 saturated carbocycles. The maximum atomic E-state index is 6.05. The van der Waals surface area contributed by atoms with E-state index in [1.54, 1.807) is 0 Å². The molecular formula is C13H25N3. The average molecular weight is 223 g/mol. The standard InChI is InChI=1S/C13H25N3/c1-5-6-16-11(14)15-9-13(16)8-12(3,4)7-10(13)2/h10H,5-9H2,1-4H3,(H2,14,15). The second-order valence-corrected chi connectivity index (χ2v) is 6.38. The molecule has 3 heteroatoms. The molecule has 1 fully saturated rings. The molecule has 0 aromatic carbocycles. The van der Waals surface area contributed by atoms with Crippen LogP contribution in [-0.4, -0.2) is 29.5 Å². The molecule has 2 atom stereocenters. The summed E-state index contributed by atoms with van der Waals surface area (Å²) in [5.74, 6) is 1.46. The first-order chi connectivity index (χ1) is 7.41.